The van der Waals surface area contributed by atoms with E-state index in [1.54, 1.807) is 27.5 Å². The van der Waals surface area contributed by atoms with Gasteiger partial charge in [0.2, 0.25) is 5.88 Å². The van der Waals surface area contributed by atoms with Crippen LogP contribution < -0.4 is 19.9 Å². The maximum Gasteiger partial charge on any atom is 0.218 e. The molecule has 1 aromatic carbocycles. The molecular weight excluding hydrogens is 256 g/mol. The lowest BCUT2D eigenvalue weighted by atomic mass is 9.98. The fourth-order valence-corrected chi connectivity index (χ4v) is 2.15. The zero-order chi connectivity index (χ0) is 14.5. The molecule has 0 spiro atoms. The molecule has 5 heteroatoms. The normalized spacial score (nSPS) is 11.8. The maximum atomic E-state index is 6.37. The summed E-state index contributed by atoms with van der Waals surface area (Å²) in [7, 11) is 4.77. The van der Waals surface area contributed by atoms with Gasteiger partial charge in [0.05, 0.1) is 32.9 Å². The molecular formula is C15H18N2O3. The summed E-state index contributed by atoms with van der Waals surface area (Å²) in [5.41, 5.74) is 7.91. The van der Waals surface area contributed by atoms with Crippen molar-refractivity contribution in [2.24, 2.45) is 5.73 Å². The molecule has 0 aliphatic heterocycles. The number of hydrogen-bond donors (Lipinski definition) is 1. The van der Waals surface area contributed by atoms with Gasteiger partial charge in [0.15, 0.2) is 0 Å². The highest BCUT2D eigenvalue weighted by Crippen LogP contribution is 2.37. The predicted molar refractivity (Wildman–Crippen MR) is 76.4 cm³/mol. The van der Waals surface area contributed by atoms with E-state index in [2.05, 4.69) is 4.98 Å². The van der Waals surface area contributed by atoms with Crippen LogP contribution in [-0.2, 0) is 0 Å². The van der Waals surface area contributed by atoms with Crippen molar-refractivity contribution in [2.45, 2.75) is 6.04 Å². The Morgan fingerprint density at radius 3 is 2.15 bits per heavy atom. The average molecular weight is 274 g/mol. The van der Waals surface area contributed by atoms with Crippen LogP contribution in [0, 0.1) is 0 Å². The smallest absolute Gasteiger partial charge is 0.218 e. The molecule has 20 heavy (non-hydrogen) atoms. The average Bonchev–Trinajstić information content (AvgIpc) is 2.53. The largest absolute Gasteiger partial charge is 0.496 e. The highest BCUT2D eigenvalue weighted by atomic mass is 16.5. The highest BCUT2D eigenvalue weighted by Gasteiger charge is 2.22. The summed E-state index contributed by atoms with van der Waals surface area (Å²) in [6, 6.07) is 8.79. The molecule has 5 nitrogen and oxygen atoms in total. The third-order valence-electron chi connectivity index (χ3n) is 3.11. The number of hydrogen-bond acceptors (Lipinski definition) is 5. The van der Waals surface area contributed by atoms with Crippen LogP contribution in [0.4, 0.5) is 0 Å². The van der Waals surface area contributed by atoms with Gasteiger partial charge in [-0.2, -0.15) is 0 Å². The number of benzene rings is 1. The van der Waals surface area contributed by atoms with Crippen molar-refractivity contribution in [3.8, 4) is 17.4 Å². The van der Waals surface area contributed by atoms with Crippen LogP contribution >= 0.6 is 0 Å². The molecule has 1 heterocycles. The van der Waals surface area contributed by atoms with Gasteiger partial charge in [0.1, 0.15) is 11.5 Å². The molecule has 1 aromatic heterocycles. The van der Waals surface area contributed by atoms with E-state index in [1.807, 2.05) is 30.3 Å². The Morgan fingerprint density at radius 2 is 1.60 bits per heavy atom. The fraction of sp³-hybridized carbons (Fsp3) is 0.267. The topological polar surface area (TPSA) is 66.6 Å². The molecule has 2 aromatic rings. The summed E-state index contributed by atoms with van der Waals surface area (Å²) >= 11 is 0. The Balaban J connectivity index is 2.55. The molecule has 0 saturated heterocycles. The van der Waals surface area contributed by atoms with E-state index in [1.165, 1.54) is 0 Å². The summed E-state index contributed by atoms with van der Waals surface area (Å²) in [6.07, 6.45) is 1.66. The Labute approximate surface area is 118 Å². The van der Waals surface area contributed by atoms with Crippen LogP contribution in [0.2, 0.25) is 0 Å². The van der Waals surface area contributed by atoms with Crippen molar-refractivity contribution >= 4 is 0 Å². The summed E-state index contributed by atoms with van der Waals surface area (Å²) in [6.45, 7) is 0. The van der Waals surface area contributed by atoms with Gasteiger partial charge >= 0.3 is 0 Å². The number of pyridine rings is 1. The van der Waals surface area contributed by atoms with E-state index in [9.17, 15) is 0 Å². The van der Waals surface area contributed by atoms with Gasteiger partial charge in [-0.1, -0.05) is 12.1 Å². The van der Waals surface area contributed by atoms with E-state index in [0.717, 1.165) is 11.1 Å². The summed E-state index contributed by atoms with van der Waals surface area (Å²) in [4.78, 5) is 4.17. The lowest BCUT2D eigenvalue weighted by molar-refractivity contribution is 0.376. The van der Waals surface area contributed by atoms with Crippen molar-refractivity contribution in [3.05, 3.63) is 47.7 Å². The van der Waals surface area contributed by atoms with Crippen molar-refractivity contribution < 1.29 is 14.2 Å². The monoisotopic (exact) mass is 274 g/mol. The molecule has 0 bridgehead atoms. The van der Waals surface area contributed by atoms with Gasteiger partial charge in [-0.05, 0) is 18.2 Å². The zero-order valence-electron chi connectivity index (χ0n) is 11.8. The third kappa shape index (κ3) is 2.53. The third-order valence-corrected chi connectivity index (χ3v) is 3.11. The van der Waals surface area contributed by atoms with Crippen LogP contribution in [0.5, 0.6) is 17.4 Å². The molecule has 1 unspecified atom stereocenters. The van der Waals surface area contributed by atoms with Gasteiger partial charge in [-0.15, -0.1) is 0 Å². The lowest BCUT2D eigenvalue weighted by Crippen LogP contribution is -2.16. The molecule has 2 rings (SSSR count). The number of methoxy groups -OCH3 is 3. The van der Waals surface area contributed by atoms with Gasteiger partial charge in [-0.25, -0.2) is 4.98 Å². The second-order valence-electron chi connectivity index (χ2n) is 4.16. The Morgan fingerprint density at radius 1 is 0.950 bits per heavy atom. The van der Waals surface area contributed by atoms with Crippen molar-refractivity contribution in [1.82, 2.24) is 4.98 Å². The van der Waals surface area contributed by atoms with Gasteiger partial charge in [0.25, 0.3) is 0 Å². The fourth-order valence-electron chi connectivity index (χ4n) is 2.15. The van der Waals surface area contributed by atoms with Crippen molar-refractivity contribution in [2.75, 3.05) is 21.3 Å². The second-order valence-corrected chi connectivity index (χ2v) is 4.16. The van der Waals surface area contributed by atoms with E-state index >= 15 is 0 Å². The quantitative estimate of drug-likeness (QED) is 0.905. The van der Waals surface area contributed by atoms with Crippen LogP contribution in [0.3, 0.4) is 0 Å². The molecule has 0 saturated carbocycles. The molecule has 106 valence electrons. The van der Waals surface area contributed by atoms with Gasteiger partial charge < -0.3 is 19.9 Å². The van der Waals surface area contributed by atoms with E-state index in [4.69, 9.17) is 19.9 Å². The molecule has 0 radical (unpaired) electrons. The Kier molecular flexibility index (Phi) is 4.42. The van der Waals surface area contributed by atoms with Crippen molar-refractivity contribution in [3.63, 3.8) is 0 Å². The summed E-state index contributed by atoms with van der Waals surface area (Å²) < 4.78 is 16.0. The van der Waals surface area contributed by atoms with E-state index in [-0.39, 0.29) is 0 Å². The Bertz CT molecular complexity index is 565. The maximum absolute atomic E-state index is 6.37. The number of nitrogens with zero attached hydrogens (tertiary/aromatic N) is 1. The molecule has 0 amide bonds. The van der Waals surface area contributed by atoms with Gasteiger partial charge in [-0.3, -0.25) is 0 Å². The summed E-state index contributed by atoms with van der Waals surface area (Å²) in [5.74, 6) is 1.83. The first kappa shape index (κ1) is 14.1. The summed E-state index contributed by atoms with van der Waals surface area (Å²) in [5, 5.41) is 0. The molecule has 2 N–H and O–H groups in total. The molecule has 1 atom stereocenters. The Hall–Kier alpha value is -2.27. The van der Waals surface area contributed by atoms with E-state index in [0.29, 0.717) is 17.4 Å². The highest BCUT2D eigenvalue weighted by molar-refractivity contribution is 5.51. The first-order chi connectivity index (χ1) is 9.72. The zero-order valence-corrected chi connectivity index (χ0v) is 11.8. The van der Waals surface area contributed by atoms with Crippen LogP contribution in [0.15, 0.2) is 36.5 Å². The SMILES string of the molecule is COc1cccc(OC)c1C(N)c1cccnc1OC. The number of rotatable bonds is 5. The number of ether oxygens (including phenoxy) is 3. The molecule has 0 aliphatic carbocycles. The van der Waals surface area contributed by atoms with Gasteiger partial charge in [0, 0.05) is 11.8 Å². The first-order valence-corrected chi connectivity index (χ1v) is 6.18. The predicted octanol–water partition coefficient (Wildman–Crippen LogP) is 2.16. The first-order valence-electron chi connectivity index (χ1n) is 6.18. The van der Waals surface area contributed by atoms with E-state index < -0.39 is 6.04 Å². The minimum Gasteiger partial charge on any atom is -0.496 e. The molecule has 0 aliphatic rings. The minimum absolute atomic E-state index is 0.454. The van der Waals surface area contributed by atoms with Crippen LogP contribution in [-0.4, -0.2) is 26.3 Å². The number of nitrogens with two attached hydrogens (primary N) is 1. The van der Waals surface area contributed by atoms with Crippen LogP contribution in [0.1, 0.15) is 17.2 Å². The second kappa shape index (κ2) is 6.25. The number of aromatic nitrogens is 1. The van der Waals surface area contributed by atoms with Crippen LogP contribution in [0.25, 0.3) is 0 Å². The molecule has 0 fully saturated rings. The van der Waals surface area contributed by atoms with Crippen molar-refractivity contribution in [1.29, 1.82) is 0 Å². The minimum atomic E-state index is -0.454. The standard InChI is InChI=1S/C15H18N2O3/c1-18-11-7-4-8-12(19-2)13(11)14(16)10-6-5-9-17-15(10)20-3/h4-9,14H,16H2,1-3H3. The lowest BCUT2D eigenvalue weighted by Gasteiger charge is -2.20.